The highest BCUT2D eigenvalue weighted by molar-refractivity contribution is 5.67. The van der Waals surface area contributed by atoms with Crippen LogP contribution < -0.4 is 10.6 Å². The van der Waals surface area contributed by atoms with Crippen molar-refractivity contribution in [3.05, 3.63) is 24.3 Å². The molecule has 0 saturated carbocycles. The van der Waals surface area contributed by atoms with E-state index in [-0.39, 0.29) is 5.41 Å². The fourth-order valence-corrected chi connectivity index (χ4v) is 1.60. The maximum Gasteiger partial charge on any atom is 0.0599 e. The Bertz CT molecular complexity index is 326. The van der Waals surface area contributed by atoms with Gasteiger partial charge >= 0.3 is 0 Å². The van der Waals surface area contributed by atoms with Gasteiger partial charge in [0.05, 0.1) is 11.4 Å². The molecule has 1 atom stereocenters. The van der Waals surface area contributed by atoms with Gasteiger partial charge in [0.15, 0.2) is 0 Å². The zero-order chi connectivity index (χ0) is 11.6. The lowest BCUT2D eigenvalue weighted by atomic mass is 9.87. The molecule has 1 aromatic carbocycles. The summed E-state index contributed by atoms with van der Waals surface area (Å²) in [5, 5.41) is 0. The number of nitrogens with two attached hydrogens (primary N) is 1. The lowest BCUT2D eigenvalue weighted by Gasteiger charge is -2.37. The van der Waals surface area contributed by atoms with Crippen molar-refractivity contribution in [1.82, 2.24) is 0 Å². The summed E-state index contributed by atoms with van der Waals surface area (Å²) < 4.78 is 0. The lowest BCUT2D eigenvalue weighted by molar-refractivity contribution is 0.330. The number of nitrogen functional groups attached to an aromatic ring is 1. The molecule has 0 bridgehead atoms. The van der Waals surface area contributed by atoms with E-state index in [1.54, 1.807) is 0 Å². The van der Waals surface area contributed by atoms with Crippen molar-refractivity contribution in [2.24, 2.45) is 5.41 Å². The first-order chi connectivity index (χ1) is 6.84. The zero-order valence-electron chi connectivity index (χ0n) is 10.4. The van der Waals surface area contributed by atoms with E-state index >= 15 is 0 Å². The van der Waals surface area contributed by atoms with Crippen LogP contribution >= 0.6 is 0 Å². The van der Waals surface area contributed by atoms with Gasteiger partial charge in [0.2, 0.25) is 0 Å². The van der Waals surface area contributed by atoms with E-state index in [1.165, 1.54) is 0 Å². The summed E-state index contributed by atoms with van der Waals surface area (Å²) >= 11 is 0. The molecule has 2 heteroatoms. The summed E-state index contributed by atoms with van der Waals surface area (Å²) in [6.07, 6.45) is 0. The minimum Gasteiger partial charge on any atom is -0.397 e. The molecule has 0 fully saturated rings. The standard InChI is InChI=1S/C13H22N2/c1-10(13(2,3)4)15(5)12-9-7-6-8-11(12)14/h6-10H,14H2,1-5H3. The molecule has 2 N–H and O–H groups in total. The highest BCUT2D eigenvalue weighted by Crippen LogP contribution is 2.30. The molecule has 0 amide bonds. The van der Waals surface area contributed by atoms with Crippen molar-refractivity contribution in [1.29, 1.82) is 0 Å². The van der Waals surface area contributed by atoms with Crippen LogP contribution in [0.5, 0.6) is 0 Å². The number of anilines is 2. The van der Waals surface area contributed by atoms with Gasteiger partial charge in [-0.25, -0.2) is 0 Å². The molecule has 0 saturated heterocycles. The number of hydrogen-bond acceptors (Lipinski definition) is 2. The predicted octanol–water partition coefficient (Wildman–Crippen LogP) is 3.14. The third-order valence-corrected chi connectivity index (χ3v) is 3.15. The summed E-state index contributed by atoms with van der Waals surface area (Å²) in [5.74, 6) is 0. The molecule has 15 heavy (non-hydrogen) atoms. The van der Waals surface area contributed by atoms with E-state index in [4.69, 9.17) is 5.73 Å². The van der Waals surface area contributed by atoms with Crippen LogP contribution in [0, 0.1) is 5.41 Å². The van der Waals surface area contributed by atoms with E-state index in [0.717, 1.165) is 11.4 Å². The maximum atomic E-state index is 5.96. The molecule has 0 aliphatic rings. The van der Waals surface area contributed by atoms with Gasteiger partial charge in [-0.05, 0) is 24.5 Å². The van der Waals surface area contributed by atoms with Gasteiger partial charge in [-0.15, -0.1) is 0 Å². The third kappa shape index (κ3) is 2.65. The largest absolute Gasteiger partial charge is 0.397 e. The van der Waals surface area contributed by atoms with Crippen LogP contribution in [0.2, 0.25) is 0 Å². The minimum atomic E-state index is 0.247. The van der Waals surface area contributed by atoms with E-state index < -0.39 is 0 Å². The molecule has 1 aromatic rings. The molecular formula is C13H22N2. The predicted molar refractivity (Wildman–Crippen MR) is 68.2 cm³/mol. The fourth-order valence-electron chi connectivity index (χ4n) is 1.60. The van der Waals surface area contributed by atoms with E-state index in [2.05, 4.69) is 45.7 Å². The Morgan fingerprint density at radius 3 is 2.20 bits per heavy atom. The monoisotopic (exact) mass is 206 g/mol. The Hall–Kier alpha value is -1.18. The van der Waals surface area contributed by atoms with Crippen molar-refractivity contribution in [3.63, 3.8) is 0 Å². The zero-order valence-corrected chi connectivity index (χ0v) is 10.4. The number of nitrogens with zero attached hydrogens (tertiary/aromatic N) is 1. The average Bonchev–Trinajstić information content (AvgIpc) is 2.15. The van der Waals surface area contributed by atoms with E-state index in [9.17, 15) is 0 Å². The number of para-hydroxylation sites is 2. The highest BCUT2D eigenvalue weighted by Gasteiger charge is 2.24. The third-order valence-electron chi connectivity index (χ3n) is 3.15. The number of benzene rings is 1. The highest BCUT2D eigenvalue weighted by atomic mass is 15.1. The molecule has 0 spiro atoms. The molecule has 1 rings (SSSR count). The lowest BCUT2D eigenvalue weighted by Crippen LogP contribution is -2.39. The number of hydrogen-bond donors (Lipinski definition) is 1. The Morgan fingerprint density at radius 2 is 1.73 bits per heavy atom. The first kappa shape index (κ1) is 11.9. The van der Waals surface area contributed by atoms with Crippen LogP contribution in [0.1, 0.15) is 27.7 Å². The molecule has 0 aliphatic carbocycles. The summed E-state index contributed by atoms with van der Waals surface area (Å²) in [4.78, 5) is 2.25. The first-order valence-electron chi connectivity index (χ1n) is 5.41. The van der Waals surface area contributed by atoms with Gasteiger partial charge in [0.25, 0.3) is 0 Å². The molecule has 0 radical (unpaired) electrons. The molecular weight excluding hydrogens is 184 g/mol. The molecule has 0 heterocycles. The van der Waals surface area contributed by atoms with Crippen LogP contribution in [0.3, 0.4) is 0 Å². The summed E-state index contributed by atoms with van der Waals surface area (Å²) in [6, 6.07) is 8.45. The van der Waals surface area contributed by atoms with Crippen molar-refractivity contribution < 1.29 is 0 Å². The summed E-state index contributed by atoms with van der Waals surface area (Å²) in [5.41, 5.74) is 8.16. The van der Waals surface area contributed by atoms with Crippen LogP contribution in [-0.2, 0) is 0 Å². The maximum absolute atomic E-state index is 5.96. The van der Waals surface area contributed by atoms with Crippen LogP contribution in [-0.4, -0.2) is 13.1 Å². The smallest absolute Gasteiger partial charge is 0.0599 e. The minimum absolute atomic E-state index is 0.247. The van der Waals surface area contributed by atoms with Gasteiger partial charge < -0.3 is 10.6 Å². The SMILES string of the molecule is CC(N(C)c1ccccc1N)C(C)(C)C. The summed E-state index contributed by atoms with van der Waals surface area (Å²) in [7, 11) is 2.10. The van der Waals surface area contributed by atoms with Crippen molar-refractivity contribution in [2.45, 2.75) is 33.7 Å². The second-order valence-electron chi connectivity index (χ2n) is 5.21. The van der Waals surface area contributed by atoms with Gasteiger partial charge in [-0.3, -0.25) is 0 Å². The Morgan fingerprint density at radius 1 is 1.20 bits per heavy atom. The second-order valence-corrected chi connectivity index (χ2v) is 5.21. The second kappa shape index (κ2) is 4.13. The van der Waals surface area contributed by atoms with Crippen molar-refractivity contribution in [2.75, 3.05) is 17.7 Å². The Labute approximate surface area is 93.1 Å². The molecule has 2 nitrogen and oxygen atoms in total. The van der Waals surface area contributed by atoms with Gasteiger partial charge in [0.1, 0.15) is 0 Å². The van der Waals surface area contributed by atoms with Gasteiger partial charge in [-0.1, -0.05) is 32.9 Å². The van der Waals surface area contributed by atoms with E-state index in [1.807, 2.05) is 18.2 Å². The molecule has 0 aromatic heterocycles. The Kier molecular flexibility index (Phi) is 3.28. The average molecular weight is 206 g/mol. The van der Waals surface area contributed by atoms with Crippen molar-refractivity contribution in [3.8, 4) is 0 Å². The molecule has 84 valence electrons. The topological polar surface area (TPSA) is 29.3 Å². The quantitative estimate of drug-likeness (QED) is 0.753. The van der Waals surface area contributed by atoms with Crippen LogP contribution in [0.15, 0.2) is 24.3 Å². The number of rotatable bonds is 2. The van der Waals surface area contributed by atoms with E-state index in [0.29, 0.717) is 6.04 Å². The normalized spacial score (nSPS) is 13.7. The molecule has 0 aliphatic heterocycles. The van der Waals surface area contributed by atoms with Gasteiger partial charge in [0, 0.05) is 13.1 Å². The van der Waals surface area contributed by atoms with Crippen LogP contribution in [0.4, 0.5) is 11.4 Å². The first-order valence-corrected chi connectivity index (χ1v) is 5.41. The van der Waals surface area contributed by atoms with Crippen molar-refractivity contribution >= 4 is 11.4 Å². The van der Waals surface area contributed by atoms with Gasteiger partial charge in [-0.2, -0.15) is 0 Å². The molecule has 1 unspecified atom stereocenters. The summed E-state index contributed by atoms with van der Waals surface area (Å²) in [6.45, 7) is 8.96. The Balaban J connectivity index is 2.95. The van der Waals surface area contributed by atoms with Crippen LogP contribution in [0.25, 0.3) is 0 Å². The fraction of sp³-hybridized carbons (Fsp3) is 0.538.